The molecule has 0 heterocycles. The highest BCUT2D eigenvalue weighted by molar-refractivity contribution is 5.96. The Kier molecular flexibility index (Phi) is 13.2. The van der Waals surface area contributed by atoms with Crippen molar-refractivity contribution < 1.29 is 19.5 Å². The maximum absolute atomic E-state index is 12.4. The number of rotatable bonds is 15. The van der Waals surface area contributed by atoms with Crippen LogP contribution in [0, 0.1) is 0 Å². The van der Waals surface area contributed by atoms with Crippen LogP contribution in [-0.4, -0.2) is 34.4 Å². The fourth-order valence-corrected chi connectivity index (χ4v) is 3.19. The van der Waals surface area contributed by atoms with E-state index in [4.69, 9.17) is 5.11 Å². The van der Waals surface area contributed by atoms with Crippen molar-refractivity contribution in [3.8, 4) is 0 Å². The molecule has 162 valence electrons. The molecule has 1 aromatic rings. The zero-order chi connectivity index (χ0) is 21.3. The quantitative estimate of drug-likeness (QED) is 0.320. The van der Waals surface area contributed by atoms with Crippen molar-refractivity contribution in [2.45, 2.75) is 84.0 Å². The van der Waals surface area contributed by atoms with Crippen LogP contribution in [0.5, 0.6) is 0 Å². The summed E-state index contributed by atoms with van der Waals surface area (Å²) in [6.07, 6.45) is 13.4. The van der Waals surface area contributed by atoms with Crippen LogP contribution in [0.2, 0.25) is 0 Å². The number of carboxylic acids is 1. The Balaban J connectivity index is 2.21. The third kappa shape index (κ3) is 11.9. The predicted octanol–water partition coefficient (Wildman–Crippen LogP) is 4.95. The van der Waals surface area contributed by atoms with E-state index in [9.17, 15) is 14.4 Å². The second-order valence-electron chi connectivity index (χ2n) is 7.47. The third-order valence-corrected chi connectivity index (χ3v) is 4.83. The Morgan fingerprint density at radius 1 is 0.828 bits per heavy atom. The first-order chi connectivity index (χ1) is 14.0. The number of nitrogens with one attached hydrogen (secondary N) is 1. The van der Waals surface area contributed by atoms with Crippen LogP contribution >= 0.6 is 0 Å². The van der Waals surface area contributed by atoms with Gasteiger partial charge >= 0.3 is 5.97 Å². The number of hydrogen-bond acceptors (Lipinski definition) is 3. The van der Waals surface area contributed by atoms with Crippen molar-refractivity contribution in [1.29, 1.82) is 0 Å². The van der Waals surface area contributed by atoms with Crippen molar-refractivity contribution >= 4 is 17.8 Å². The summed E-state index contributed by atoms with van der Waals surface area (Å²) in [6.45, 7) is 1.66. The molecular weight excluding hydrogens is 368 g/mol. The van der Waals surface area contributed by atoms with E-state index >= 15 is 0 Å². The second kappa shape index (κ2) is 15.5. The molecule has 2 amide bonds. The van der Waals surface area contributed by atoms with Gasteiger partial charge in [-0.15, -0.1) is 0 Å². The number of amides is 2. The maximum Gasteiger partial charge on any atom is 0.325 e. The summed E-state index contributed by atoms with van der Waals surface area (Å²) in [6, 6.07) is 8.34. The molecule has 0 aromatic heterocycles. The molecule has 0 bridgehead atoms. The summed E-state index contributed by atoms with van der Waals surface area (Å²) in [5, 5.41) is 9.90. The molecular formula is C23H36N2O4. The number of carboxylic acid groups (broad SMARTS) is 1. The molecule has 0 saturated heterocycles. The maximum atomic E-state index is 12.4. The molecule has 0 atom stereocenters. The minimum Gasteiger partial charge on any atom is -0.480 e. The van der Waals surface area contributed by atoms with Crippen LogP contribution in [0.1, 0.15) is 94.3 Å². The van der Waals surface area contributed by atoms with E-state index < -0.39 is 18.4 Å². The number of benzene rings is 1. The number of hydrogen-bond donors (Lipinski definition) is 2. The lowest BCUT2D eigenvalue weighted by Crippen LogP contribution is -2.48. The lowest BCUT2D eigenvalue weighted by molar-refractivity contribution is -0.139. The Hall–Kier alpha value is -2.37. The van der Waals surface area contributed by atoms with Crippen LogP contribution in [0.4, 0.5) is 0 Å². The summed E-state index contributed by atoms with van der Waals surface area (Å²) >= 11 is 0. The number of hydrazine groups is 1. The van der Waals surface area contributed by atoms with Gasteiger partial charge in [0.1, 0.15) is 6.54 Å². The highest BCUT2D eigenvalue weighted by Gasteiger charge is 2.20. The zero-order valence-corrected chi connectivity index (χ0v) is 17.7. The monoisotopic (exact) mass is 404 g/mol. The number of unbranched alkanes of at least 4 members (excludes halogenated alkanes) is 10. The summed E-state index contributed by atoms with van der Waals surface area (Å²) < 4.78 is 0. The van der Waals surface area contributed by atoms with Crippen molar-refractivity contribution in [1.82, 2.24) is 10.4 Å². The molecule has 1 rings (SSSR count). The molecule has 0 aliphatic rings. The van der Waals surface area contributed by atoms with E-state index in [0.717, 1.165) is 24.3 Å². The molecule has 0 unspecified atom stereocenters. The fraction of sp³-hybridized carbons (Fsp3) is 0.609. The van der Waals surface area contributed by atoms with Crippen LogP contribution < -0.4 is 5.43 Å². The van der Waals surface area contributed by atoms with Gasteiger partial charge in [-0.1, -0.05) is 89.3 Å². The summed E-state index contributed by atoms with van der Waals surface area (Å²) in [4.78, 5) is 35.6. The Morgan fingerprint density at radius 2 is 1.34 bits per heavy atom. The molecule has 0 radical (unpaired) electrons. The summed E-state index contributed by atoms with van der Waals surface area (Å²) in [5.74, 6) is -2.03. The third-order valence-electron chi connectivity index (χ3n) is 4.83. The van der Waals surface area contributed by atoms with Gasteiger partial charge in [0, 0.05) is 12.0 Å². The molecule has 6 heteroatoms. The van der Waals surface area contributed by atoms with Crippen molar-refractivity contribution in [3.63, 3.8) is 0 Å². The first-order valence-electron chi connectivity index (χ1n) is 10.9. The molecule has 29 heavy (non-hydrogen) atoms. The fourth-order valence-electron chi connectivity index (χ4n) is 3.19. The number of carbonyl (C=O) groups excluding carboxylic acids is 2. The van der Waals surface area contributed by atoms with Gasteiger partial charge in [-0.05, 0) is 18.6 Å². The molecule has 0 fully saturated rings. The van der Waals surface area contributed by atoms with Crippen molar-refractivity contribution in [3.05, 3.63) is 35.9 Å². The number of carbonyl (C=O) groups is 3. The lowest BCUT2D eigenvalue weighted by atomic mass is 10.1. The highest BCUT2D eigenvalue weighted by atomic mass is 16.4. The molecule has 6 nitrogen and oxygen atoms in total. The van der Waals surface area contributed by atoms with Crippen molar-refractivity contribution in [2.24, 2.45) is 0 Å². The number of nitrogens with zero attached hydrogens (tertiary/aromatic N) is 1. The minimum atomic E-state index is -1.18. The van der Waals surface area contributed by atoms with E-state index in [0.29, 0.717) is 5.56 Å². The molecule has 2 N–H and O–H groups in total. The number of aliphatic carboxylic acids is 1. The minimum absolute atomic E-state index is 0.287. The standard InChI is InChI=1S/C23H36N2O4/c1-2-3-4-5-6-7-8-9-10-11-15-18-21(26)24-25(19-22(27)28)23(29)20-16-13-12-14-17-20/h12-14,16-17H,2-11,15,18-19H2,1H3,(H,24,26)(H,27,28). The van der Waals surface area contributed by atoms with Gasteiger partial charge in [0.05, 0.1) is 0 Å². The van der Waals surface area contributed by atoms with Gasteiger partial charge in [0.15, 0.2) is 0 Å². The van der Waals surface area contributed by atoms with Crippen molar-refractivity contribution in [2.75, 3.05) is 6.54 Å². The van der Waals surface area contributed by atoms with Crippen LogP contribution in [0.3, 0.4) is 0 Å². The largest absolute Gasteiger partial charge is 0.480 e. The molecule has 0 aliphatic carbocycles. The molecule has 1 aromatic carbocycles. The predicted molar refractivity (Wildman–Crippen MR) is 114 cm³/mol. The molecule has 0 saturated carbocycles. The zero-order valence-electron chi connectivity index (χ0n) is 17.7. The Morgan fingerprint density at radius 3 is 1.86 bits per heavy atom. The Labute approximate surface area is 174 Å². The van der Waals surface area contributed by atoms with Crippen LogP contribution in [0.15, 0.2) is 30.3 Å². The highest BCUT2D eigenvalue weighted by Crippen LogP contribution is 2.12. The van der Waals surface area contributed by atoms with E-state index in [1.807, 2.05) is 0 Å². The first-order valence-corrected chi connectivity index (χ1v) is 10.9. The van der Waals surface area contributed by atoms with E-state index in [1.165, 1.54) is 51.4 Å². The van der Waals surface area contributed by atoms with Gasteiger partial charge < -0.3 is 5.11 Å². The second-order valence-corrected chi connectivity index (χ2v) is 7.47. The van der Waals surface area contributed by atoms with E-state index in [2.05, 4.69) is 12.3 Å². The SMILES string of the molecule is CCCCCCCCCCCCCC(=O)NN(CC(=O)O)C(=O)c1ccccc1. The smallest absolute Gasteiger partial charge is 0.325 e. The van der Waals surface area contributed by atoms with Crippen LogP contribution in [0.25, 0.3) is 0 Å². The molecule has 0 spiro atoms. The first kappa shape index (κ1) is 24.7. The normalized spacial score (nSPS) is 10.5. The summed E-state index contributed by atoms with van der Waals surface area (Å²) in [5.41, 5.74) is 2.78. The average Bonchev–Trinajstić information content (AvgIpc) is 2.71. The van der Waals surface area contributed by atoms with Gasteiger partial charge in [-0.2, -0.15) is 0 Å². The lowest BCUT2D eigenvalue weighted by Gasteiger charge is -2.21. The van der Waals surface area contributed by atoms with E-state index in [1.54, 1.807) is 30.3 Å². The topological polar surface area (TPSA) is 86.7 Å². The van der Waals surface area contributed by atoms with Gasteiger partial charge in [-0.25, -0.2) is 5.01 Å². The Bertz CT molecular complexity index is 604. The van der Waals surface area contributed by atoms with E-state index in [-0.39, 0.29) is 12.3 Å². The van der Waals surface area contributed by atoms with Gasteiger partial charge in [0.25, 0.3) is 5.91 Å². The average molecular weight is 405 g/mol. The summed E-state index contributed by atoms with van der Waals surface area (Å²) in [7, 11) is 0. The van der Waals surface area contributed by atoms with Crippen LogP contribution in [-0.2, 0) is 9.59 Å². The molecule has 0 aliphatic heterocycles. The van der Waals surface area contributed by atoms with Gasteiger partial charge in [0.2, 0.25) is 5.91 Å². The van der Waals surface area contributed by atoms with Gasteiger partial charge in [-0.3, -0.25) is 19.8 Å².